The van der Waals surface area contributed by atoms with Gasteiger partial charge in [0, 0.05) is 38.0 Å². The summed E-state index contributed by atoms with van der Waals surface area (Å²) in [5, 5.41) is 12.0. The number of rotatable bonds is 4. The van der Waals surface area contributed by atoms with Crippen molar-refractivity contribution in [1.29, 1.82) is 0 Å². The van der Waals surface area contributed by atoms with Gasteiger partial charge in [0.15, 0.2) is 0 Å². The van der Waals surface area contributed by atoms with Crippen LogP contribution in [0.25, 0.3) is 0 Å². The minimum absolute atomic E-state index is 0.134. The summed E-state index contributed by atoms with van der Waals surface area (Å²) in [5.74, 6) is 0.134. The van der Waals surface area contributed by atoms with Crippen LogP contribution in [0, 0.1) is 13.8 Å². The zero-order valence-corrected chi connectivity index (χ0v) is 11.1. The number of hydrogen-bond donors (Lipinski definition) is 0. The van der Waals surface area contributed by atoms with E-state index in [1.165, 1.54) is 0 Å². The SMILES string of the molecule is Cc1nn(C)c(C)c1CC(=O)Cc1cn(C)nn1. The normalized spacial score (nSPS) is 10.9. The Bertz CT molecular complexity index is 581. The highest BCUT2D eigenvalue weighted by atomic mass is 16.1. The van der Waals surface area contributed by atoms with E-state index in [0.29, 0.717) is 18.5 Å². The first-order valence-corrected chi connectivity index (χ1v) is 5.83. The lowest BCUT2D eigenvalue weighted by Crippen LogP contribution is -2.08. The number of aromatic nitrogens is 5. The third-order valence-corrected chi connectivity index (χ3v) is 3.06. The summed E-state index contributed by atoms with van der Waals surface area (Å²) < 4.78 is 3.41. The number of hydrogen-bond acceptors (Lipinski definition) is 4. The summed E-state index contributed by atoms with van der Waals surface area (Å²) in [4.78, 5) is 12.0. The van der Waals surface area contributed by atoms with Crippen LogP contribution in [0.2, 0.25) is 0 Å². The van der Waals surface area contributed by atoms with Crippen molar-refractivity contribution in [2.24, 2.45) is 14.1 Å². The molecule has 6 heteroatoms. The average Bonchev–Trinajstić information content (AvgIpc) is 2.78. The molecule has 0 unspecified atom stereocenters. The Balaban J connectivity index is 2.07. The topological polar surface area (TPSA) is 65.6 Å². The number of carbonyl (C=O) groups excluding carboxylic acids is 1. The van der Waals surface area contributed by atoms with Gasteiger partial charge in [0.05, 0.1) is 17.8 Å². The Morgan fingerprint density at radius 3 is 2.50 bits per heavy atom. The van der Waals surface area contributed by atoms with Gasteiger partial charge in [0.25, 0.3) is 0 Å². The van der Waals surface area contributed by atoms with Gasteiger partial charge in [0.1, 0.15) is 5.78 Å². The maximum absolute atomic E-state index is 12.0. The van der Waals surface area contributed by atoms with Crippen LogP contribution < -0.4 is 0 Å². The lowest BCUT2D eigenvalue weighted by molar-refractivity contribution is -0.117. The van der Waals surface area contributed by atoms with Gasteiger partial charge in [-0.05, 0) is 13.8 Å². The quantitative estimate of drug-likeness (QED) is 0.790. The van der Waals surface area contributed by atoms with Crippen molar-refractivity contribution in [3.63, 3.8) is 0 Å². The molecule has 0 aliphatic heterocycles. The van der Waals surface area contributed by atoms with Crippen LogP contribution in [0.15, 0.2) is 6.20 Å². The minimum Gasteiger partial charge on any atom is -0.299 e. The molecule has 0 spiro atoms. The Labute approximate surface area is 106 Å². The lowest BCUT2D eigenvalue weighted by Gasteiger charge is -2.00. The largest absolute Gasteiger partial charge is 0.299 e. The van der Waals surface area contributed by atoms with Gasteiger partial charge in [-0.2, -0.15) is 5.10 Å². The van der Waals surface area contributed by atoms with E-state index in [9.17, 15) is 4.79 Å². The first-order chi connectivity index (χ1) is 8.47. The molecule has 96 valence electrons. The second-order valence-electron chi connectivity index (χ2n) is 4.55. The van der Waals surface area contributed by atoms with Crippen molar-refractivity contribution < 1.29 is 4.79 Å². The molecule has 0 amide bonds. The van der Waals surface area contributed by atoms with Crippen LogP contribution in [0.5, 0.6) is 0 Å². The molecule has 0 saturated carbocycles. The summed E-state index contributed by atoms with van der Waals surface area (Å²) in [6.07, 6.45) is 2.49. The van der Waals surface area contributed by atoms with Gasteiger partial charge < -0.3 is 0 Å². The summed E-state index contributed by atoms with van der Waals surface area (Å²) in [5.41, 5.74) is 3.69. The van der Waals surface area contributed by atoms with Crippen molar-refractivity contribution in [3.05, 3.63) is 28.8 Å². The molecular formula is C12H17N5O. The molecule has 2 aromatic rings. The van der Waals surface area contributed by atoms with Gasteiger partial charge in [-0.3, -0.25) is 14.2 Å². The molecule has 0 aromatic carbocycles. The fraction of sp³-hybridized carbons (Fsp3) is 0.500. The first kappa shape index (κ1) is 12.5. The van der Waals surface area contributed by atoms with Crippen LogP contribution in [0.4, 0.5) is 0 Å². The number of ketones is 1. The van der Waals surface area contributed by atoms with E-state index < -0.39 is 0 Å². The predicted octanol–water partition coefficient (Wildman–Crippen LogP) is 0.520. The number of nitrogens with zero attached hydrogens (tertiary/aromatic N) is 5. The Morgan fingerprint density at radius 2 is 2.00 bits per heavy atom. The first-order valence-electron chi connectivity index (χ1n) is 5.83. The van der Waals surface area contributed by atoms with Crippen molar-refractivity contribution in [2.45, 2.75) is 26.7 Å². The van der Waals surface area contributed by atoms with Crippen LogP contribution in [-0.4, -0.2) is 30.6 Å². The van der Waals surface area contributed by atoms with Gasteiger partial charge in [0.2, 0.25) is 0 Å². The molecule has 0 aliphatic rings. The third kappa shape index (κ3) is 2.47. The Morgan fingerprint density at radius 1 is 1.28 bits per heavy atom. The van der Waals surface area contributed by atoms with Gasteiger partial charge in [-0.1, -0.05) is 5.21 Å². The smallest absolute Gasteiger partial charge is 0.143 e. The molecule has 2 heterocycles. The van der Waals surface area contributed by atoms with Crippen molar-refractivity contribution in [1.82, 2.24) is 24.8 Å². The van der Waals surface area contributed by atoms with E-state index in [0.717, 1.165) is 17.0 Å². The lowest BCUT2D eigenvalue weighted by atomic mass is 10.0. The Kier molecular flexibility index (Phi) is 3.27. The molecule has 0 saturated heterocycles. The summed E-state index contributed by atoms with van der Waals surface area (Å²) in [7, 11) is 3.68. The molecule has 0 aliphatic carbocycles. The number of Topliss-reactive ketones (excluding diaryl/α,β-unsaturated/α-hetero) is 1. The predicted molar refractivity (Wildman–Crippen MR) is 66.1 cm³/mol. The van der Waals surface area contributed by atoms with Crippen LogP contribution in [0.1, 0.15) is 22.6 Å². The number of aryl methyl sites for hydroxylation is 3. The third-order valence-electron chi connectivity index (χ3n) is 3.06. The highest BCUT2D eigenvalue weighted by Gasteiger charge is 2.14. The fourth-order valence-electron chi connectivity index (χ4n) is 2.01. The maximum atomic E-state index is 12.0. The number of carbonyl (C=O) groups is 1. The van der Waals surface area contributed by atoms with Crippen LogP contribution in [-0.2, 0) is 31.7 Å². The van der Waals surface area contributed by atoms with E-state index in [4.69, 9.17) is 0 Å². The van der Waals surface area contributed by atoms with E-state index in [2.05, 4.69) is 15.4 Å². The molecule has 0 radical (unpaired) electrons. The summed E-state index contributed by atoms with van der Waals surface area (Å²) >= 11 is 0. The van der Waals surface area contributed by atoms with Crippen LogP contribution >= 0.6 is 0 Å². The van der Waals surface area contributed by atoms with Crippen molar-refractivity contribution in [3.8, 4) is 0 Å². The van der Waals surface area contributed by atoms with Gasteiger partial charge in [-0.15, -0.1) is 5.10 Å². The van der Waals surface area contributed by atoms with Crippen molar-refractivity contribution >= 4 is 5.78 Å². The van der Waals surface area contributed by atoms with E-state index in [1.807, 2.05) is 20.9 Å². The summed E-state index contributed by atoms with van der Waals surface area (Å²) in [6, 6.07) is 0. The van der Waals surface area contributed by atoms with Crippen LogP contribution in [0.3, 0.4) is 0 Å². The average molecular weight is 247 g/mol. The Hall–Kier alpha value is -1.98. The van der Waals surface area contributed by atoms with Crippen molar-refractivity contribution in [2.75, 3.05) is 0 Å². The minimum atomic E-state index is 0.134. The maximum Gasteiger partial charge on any atom is 0.143 e. The van der Waals surface area contributed by atoms with E-state index in [1.54, 1.807) is 22.6 Å². The van der Waals surface area contributed by atoms with E-state index >= 15 is 0 Å². The molecule has 2 rings (SSSR count). The fourth-order valence-corrected chi connectivity index (χ4v) is 2.01. The molecule has 0 N–H and O–H groups in total. The second kappa shape index (κ2) is 4.72. The molecule has 2 aromatic heterocycles. The molecular weight excluding hydrogens is 230 g/mol. The zero-order valence-electron chi connectivity index (χ0n) is 11.1. The summed E-state index contributed by atoms with van der Waals surface area (Å²) in [6.45, 7) is 3.91. The van der Waals surface area contributed by atoms with E-state index in [-0.39, 0.29) is 5.78 Å². The molecule has 6 nitrogen and oxygen atoms in total. The molecule has 0 bridgehead atoms. The molecule has 18 heavy (non-hydrogen) atoms. The second-order valence-corrected chi connectivity index (χ2v) is 4.55. The zero-order chi connectivity index (χ0) is 13.3. The molecule has 0 fully saturated rings. The highest BCUT2D eigenvalue weighted by Crippen LogP contribution is 2.13. The van der Waals surface area contributed by atoms with Gasteiger partial charge in [-0.25, -0.2) is 0 Å². The monoisotopic (exact) mass is 247 g/mol. The standard InChI is InChI=1S/C12H17N5O/c1-8-12(9(2)17(4)14-8)6-11(18)5-10-7-16(3)15-13-10/h7H,5-6H2,1-4H3. The molecule has 0 atom stereocenters. The van der Waals surface area contributed by atoms with Gasteiger partial charge >= 0.3 is 0 Å². The highest BCUT2D eigenvalue weighted by molar-refractivity contribution is 5.83.